The van der Waals surface area contributed by atoms with Crippen LogP contribution < -0.4 is 0 Å². The van der Waals surface area contributed by atoms with Gasteiger partial charge in [-0.25, -0.2) is 9.78 Å². The van der Waals surface area contributed by atoms with Crippen LogP contribution in [-0.2, 0) is 4.74 Å². The maximum atomic E-state index is 11.7. The van der Waals surface area contributed by atoms with Crippen LogP contribution in [0.1, 0.15) is 22.3 Å². The summed E-state index contributed by atoms with van der Waals surface area (Å²) in [5, 5.41) is 0.822. The number of aryl methyl sites for hydroxylation is 1. The first kappa shape index (κ1) is 13.2. The van der Waals surface area contributed by atoms with Gasteiger partial charge in [-0.05, 0) is 19.9 Å². The lowest BCUT2D eigenvalue weighted by molar-refractivity contribution is 0.0519. The minimum atomic E-state index is -0.357. The number of hydrogen-bond acceptors (Lipinski definition) is 4. The van der Waals surface area contributed by atoms with Crippen molar-refractivity contribution in [2.75, 3.05) is 6.61 Å². The third kappa shape index (κ3) is 2.62. The molecule has 0 bridgehead atoms. The Bertz CT molecular complexity index is 580. The van der Waals surface area contributed by atoms with E-state index in [0.717, 1.165) is 19.9 Å². The molecule has 18 heavy (non-hydrogen) atoms. The second-order valence-corrected chi connectivity index (χ2v) is 5.68. The number of carbonyl (C=O) groups is 1. The van der Waals surface area contributed by atoms with Gasteiger partial charge in [0.2, 0.25) is 0 Å². The number of halogens is 1. The van der Waals surface area contributed by atoms with Crippen molar-refractivity contribution in [1.29, 1.82) is 0 Å². The Morgan fingerprint density at radius 2 is 2.17 bits per heavy atom. The van der Waals surface area contributed by atoms with Crippen molar-refractivity contribution in [3.8, 4) is 10.6 Å². The van der Waals surface area contributed by atoms with E-state index < -0.39 is 0 Å². The molecule has 3 nitrogen and oxygen atoms in total. The molecule has 1 heterocycles. The number of rotatable bonds is 3. The van der Waals surface area contributed by atoms with E-state index in [-0.39, 0.29) is 5.97 Å². The van der Waals surface area contributed by atoms with Crippen molar-refractivity contribution in [2.45, 2.75) is 13.8 Å². The molecule has 1 aromatic carbocycles. The van der Waals surface area contributed by atoms with E-state index in [2.05, 4.69) is 20.9 Å². The molecule has 0 saturated carbocycles. The maximum absolute atomic E-state index is 11.7. The van der Waals surface area contributed by atoms with E-state index in [1.54, 1.807) is 6.92 Å². The van der Waals surface area contributed by atoms with Gasteiger partial charge in [0, 0.05) is 14.9 Å². The van der Waals surface area contributed by atoms with E-state index in [9.17, 15) is 4.79 Å². The molecule has 0 radical (unpaired) electrons. The predicted molar refractivity (Wildman–Crippen MR) is 75.9 cm³/mol. The summed E-state index contributed by atoms with van der Waals surface area (Å²) in [5.41, 5.74) is 1.40. The molecule has 0 fully saturated rings. The lowest BCUT2D eigenvalue weighted by atomic mass is 10.2. The number of benzene rings is 1. The van der Waals surface area contributed by atoms with Crippen LogP contribution in [0.3, 0.4) is 0 Å². The number of nitrogens with zero attached hydrogens (tertiary/aromatic N) is 1. The topological polar surface area (TPSA) is 39.2 Å². The molecule has 5 heteroatoms. The van der Waals surface area contributed by atoms with Crippen LogP contribution in [-0.4, -0.2) is 17.6 Å². The molecule has 0 amide bonds. The molecule has 0 aliphatic rings. The van der Waals surface area contributed by atoms with Crippen molar-refractivity contribution in [1.82, 2.24) is 4.98 Å². The summed E-state index contributed by atoms with van der Waals surface area (Å²) in [6, 6.07) is 7.81. The number of ether oxygens (including phenoxy) is 1. The van der Waals surface area contributed by atoms with Gasteiger partial charge in [0.15, 0.2) is 5.69 Å². The van der Waals surface area contributed by atoms with Crippen molar-refractivity contribution in [2.24, 2.45) is 0 Å². The second-order valence-electron chi connectivity index (χ2n) is 3.62. The molecule has 0 N–H and O–H groups in total. The van der Waals surface area contributed by atoms with Crippen LogP contribution >= 0.6 is 27.3 Å². The highest BCUT2D eigenvalue weighted by Crippen LogP contribution is 2.32. The van der Waals surface area contributed by atoms with Crippen LogP contribution in [0.15, 0.2) is 28.7 Å². The Labute approximate surface area is 118 Å². The second kappa shape index (κ2) is 5.63. The SMILES string of the molecule is CCOC(=O)c1nc(-c2ccccc2Br)sc1C. The first-order valence-electron chi connectivity index (χ1n) is 5.53. The molecule has 2 rings (SSSR count). The first-order valence-corrected chi connectivity index (χ1v) is 7.14. The van der Waals surface area contributed by atoms with Gasteiger partial charge in [-0.1, -0.05) is 34.1 Å². The molecule has 0 aliphatic heterocycles. The van der Waals surface area contributed by atoms with Crippen LogP contribution in [0.2, 0.25) is 0 Å². The minimum Gasteiger partial charge on any atom is -0.461 e. The van der Waals surface area contributed by atoms with Crippen LogP contribution in [0.4, 0.5) is 0 Å². The molecular weight excluding hydrogens is 314 g/mol. The molecule has 94 valence electrons. The largest absolute Gasteiger partial charge is 0.461 e. The maximum Gasteiger partial charge on any atom is 0.358 e. The van der Waals surface area contributed by atoms with E-state index in [4.69, 9.17) is 4.74 Å². The molecule has 0 saturated heterocycles. The zero-order valence-corrected chi connectivity index (χ0v) is 12.5. The van der Waals surface area contributed by atoms with Gasteiger partial charge in [0.05, 0.1) is 6.61 Å². The number of carbonyl (C=O) groups excluding carboxylic acids is 1. The van der Waals surface area contributed by atoms with Gasteiger partial charge in [-0.3, -0.25) is 0 Å². The van der Waals surface area contributed by atoms with E-state index in [0.29, 0.717) is 12.3 Å². The summed E-state index contributed by atoms with van der Waals surface area (Å²) in [6.45, 7) is 4.03. The zero-order chi connectivity index (χ0) is 13.1. The molecule has 0 unspecified atom stereocenters. The summed E-state index contributed by atoms with van der Waals surface area (Å²) in [6.07, 6.45) is 0. The molecule has 0 atom stereocenters. The van der Waals surface area contributed by atoms with E-state index >= 15 is 0 Å². The van der Waals surface area contributed by atoms with E-state index in [1.807, 2.05) is 31.2 Å². The average Bonchev–Trinajstić information content (AvgIpc) is 2.72. The highest BCUT2D eigenvalue weighted by atomic mass is 79.9. The Morgan fingerprint density at radius 1 is 1.44 bits per heavy atom. The Hall–Kier alpha value is -1.20. The fraction of sp³-hybridized carbons (Fsp3) is 0.231. The van der Waals surface area contributed by atoms with Gasteiger partial charge in [0.25, 0.3) is 0 Å². The summed E-state index contributed by atoms with van der Waals surface area (Å²) < 4.78 is 5.95. The smallest absolute Gasteiger partial charge is 0.358 e. The van der Waals surface area contributed by atoms with Gasteiger partial charge >= 0.3 is 5.97 Å². The van der Waals surface area contributed by atoms with Gasteiger partial charge in [-0.15, -0.1) is 11.3 Å². The zero-order valence-electron chi connectivity index (χ0n) is 10.1. The molecule has 1 aromatic heterocycles. The number of aromatic nitrogens is 1. The molecule has 2 aromatic rings. The van der Waals surface area contributed by atoms with Crippen molar-refractivity contribution >= 4 is 33.2 Å². The Balaban J connectivity index is 2.41. The fourth-order valence-corrected chi connectivity index (χ4v) is 3.08. The molecule has 0 aliphatic carbocycles. The lowest BCUT2D eigenvalue weighted by Gasteiger charge is -1.99. The minimum absolute atomic E-state index is 0.357. The summed E-state index contributed by atoms with van der Waals surface area (Å²) in [4.78, 5) is 17.0. The van der Waals surface area contributed by atoms with Crippen LogP contribution in [0.5, 0.6) is 0 Å². The monoisotopic (exact) mass is 325 g/mol. The van der Waals surface area contributed by atoms with Crippen LogP contribution in [0.25, 0.3) is 10.6 Å². The standard InChI is InChI=1S/C13H12BrNO2S/c1-3-17-13(16)11-8(2)18-12(15-11)9-6-4-5-7-10(9)14/h4-7H,3H2,1-2H3. The van der Waals surface area contributed by atoms with Crippen molar-refractivity contribution < 1.29 is 9.53 Å². The van der Waals surface area contributed by atoms with E-state index in [1.165, 1.54) is 11.3 Å². The summed E-state index contributed by atoms with van der Waals surface area (Å²) in [7, 11) is 0. The average molecular weight is 326 g/mol. The Kier molecular flexibility index (Phi) is 4.14. The highest BCUT2D eigenvalue weighted by Gasteiger charge is 2.18. The first-order chi connectivity index (χ1) is 8.63. The van der Waals surface area contributed by atoms with Gasteiger partial charge < -0.3 is 4.74 Å². The predicted octanol–water partition coefficient (Wildman–Crippen LogP) is 4.06. The van der Waals surface area contributed by atoms with Crippen molar-refractivity contribution in [3.63, 3.8) is 0 Å². The van der Waals surface area contributed by atoms with Crippen molar-refractivity contribution in [3.05, 3.63) is 39.3 Å². The molecular formula is C13H12BrNO2S. The lowest BCUT2D eigenvalue weighted by Crippen LogP contribution is -2.06. The summed E-state index contributed by atoms with van der Waals surface area (Å²) in [5.74, 6) is -0.357. The fourth-order valence-electron chi connectivity index (χ4n) is 1.54. The normalized spacial score (nSPS) is 10.4. The quantitative estimate of drug-likeness (QED) is 0.799. The summed E-state index contributed by atoms with van der Waals surface area (Å²) >= 11 is 4.98. The van der Waals surface area contributed by atoms with Gasteiger partial charge in [0.1, 0.15) is 5.01 Å². The van der Waals surface area contributed by atoms with Crippen LogP contribution in [0, 0.1) is 6.92 Å². The third-order valence-electron chi connectivity index (χ3n) is 2.37. The molecule has 0 spiro atoms. The number of hydrogen-bond donors (Lipinski definition) is 0. The highest BCUT2D eigenvalue weighted by molar-refractivity contribution is 9.10. The number of esters is 1. The number of thiazole rings is 1. The Morgan fingerprint density at radius 3 is 2.83 bits per heavy atom. The third-order valence-corrected chi connectivity index (χ3v) is 4.07. The van der Waals surface area contributed by atoms with Gasteiger partial charge in [-0.2, -0.15) is 0 Å².